The minimum absolute atomic E-state index is 0.00789. The van der Waals surface area contributed by atoms with E-state index in [1.54, 1.807) is 6.20 Å². The number of Topliss-reactive ketones (excluding diaryl/α,β-unsaturated/α-hetero) is 1. The number of carbonyl (C=O) groups is 1. The van der Waals surface area contributed by atoms with Crippen molar-refractivity contribution in [2.24, 2.45) is 0 Å². The summed E-state index contributed by atoms with van der Waals surface area (Å²) >= 11 is 0. The molecule has 0 aliphatic heterocycles. The van der Waals surface area contributed by atoms with Crippen molar-refractivity contribution < 1.29 is 9.18 Å². The molecule has 1 N–H and O–H groups in total. The monoisotopic (exact) mass is 258 g/mol. The molecule has 3 nitrogen and oxygen atoms in total. The van der Waals surface area contributed by atoms with Crippen molar-refractivity contribution in [3.63, 3.8) is 0 Å². The van der Waals surface area contributed by atoms with Crippen molar-refractivity contribution in [1.29, 1.82) is 0 Å². The Hall–Kier alpha value is -2.07. The van der Waals surface area contributed by atoms with Gasteiger partial charge in [0, 0.05) is 31.3 Å². The zero-order chi connectivity index (χ0) is 13.5. The zero-order valence-corrected chi connectivity index (χ0v) is 10.5. The Morgan fingerprint density at radius 3 is 2.63 bits per heavy atom. The molecule has 0 bridgehead atoms. The molecule has 0 saturated carbocycles. The van der Waals surface area contributed by atoms with Crippen LogP contribution in [-0.4, -0.2) is 17.3 Å². The molecule has 98 valence electrons. The molecule has 0 spiro atoms. The molecule has 0 radical (unpaired) electrons. The third-order valence-corrected chi connectivity index (χ3v) is 2.73. The Kier molecular flexibility index (Phi) is 4.75. The first-order valence-electron chi connectivity index (χ1n) is 6.15. The number of benzene rings is 1. The van der Waals surface area contributed by atoms with E-state index in [0.717, 1.165) is 5.69 Å². The van der Waals surface area contributed by atoms with Gasteiger partial charge in [-0.15, -0.1) is 0 Å². The summed E-state index contributed by atoms with van der Waals surface area (Å²) in [4.78, 5) is 16.0. The summed E-state index contributed by atoms with van der Waals surface area (Å²) in [7, 11) is 0. The standard InChI is InChI=1S/C15H15FN2O/c16-13-6-4-12(5-7-13)15(19)8-10-17-11-14-3-1-2-9-18-14/h1-7,9,17H,8,10-11H2. The van der Waals surface area contributed by atoms with E-state index in [1.165, 1.54) is 24.3 Å². The molecule has 0 unspecified atom stereocenters. The van der Waals surface area contributed by atoms with E-state index in [0.29, 0.717) is 25.1 Å². The van der Waals surface area contributed by atoms with E-state index in [1.807, 2.05) is 18.2 Å². The van der Waals surface area contributed by atoms with Gasteiger partial charge in [-0.2, -0.15) is 0 Å². The van der Waals surface area contributed by atoms with E-state index in [9.17, 15) is 9.18 Å². The van der Waals surface area contributed by atoms with Gasteiger partial charge in [0.05, 0.1) is 5.69 Å². The van der Waals surface area contributed by atoms with Gasteiger partial charge in [-0.25, -0.2) is 4.39 Å². The summed E-state index contributed by atoms with van der Waals surface area (Å²) in [6.45, 7) is 1.21. The lowest BCUT2D eigenvalue weighted by Gasteiger charge is -2.04. The van der Waals surface area contributed by atoms with Gasteiger partial charge < -0.3 is 5.32 Å². The van der Waals surface area contributed by atoms with Crippen LogP contribution >= 0.6 is 0 Å². The molecule has 2 rings (SSSR count). The average Bonchev–Trinajstić information content (AvgIpc) is 2.45. The molecule has 0 aliphatic rings. The number of ketones is 1. The fourth-order valence-corrected chi connectivity index (χ4v) is 1.70. The smallest absolute Gasteiger partial charge is 0.164 e. The number of nitrogens with one attached hydrogen (secondary N) is 1. The highest BCUT2D eigenvalue weighted by Gasteiger charge is 2.05. The van der Waals surface area contributed by atoms with Crippen LogP contribution < -0.4 is 5.32 Å². The summed E-state index contributed by atoms with van der Waals surface area (Å²) in [5.74, 6) is -0.321. The molecule has 0 aliphatic carbocycles. The van der Waals surface area contributed by atoms with Gasteiger partial charge in [0.2, 0.25) is 0 Å². The predicted octanol–water partition coefficient (Wildman–Crippen LogP) is 2.58. The normalized spacial score (nSPS) is 10.4. The third-order valence-electron chi connectivity index (χ3n) is 2.73. The van der Waals surface area contributed by atoms with E-state index >= 15 is 0 Å². The van der Waals surface area contributed by atoms with Crippen LogP contribution in [0.1, 0.15) is 22.5 Å². The summed E-state index contributed by atoms with van der Waals surface area (Å²) in [5, 5.41) is 3.16. The van der Waals surface area contributed by atoms with Crippen LogP contribution in [0.2, 0.25) is 0 Å². The first-order valence-corrected chi connectivity index (χ1v) is 6.15. The summed E-state index contributed by atoms with van der Waals surface area (Å²) < 4.78 is 12.7. The summed E-state index contributed by atoms with van der Waals surface area (Å²) in [6, 6.07) is 11.3. The molecular weight excluding hydrogens is 243 g/mol. The first kappa shape index (κ1) is 13.4. The quantitative estimate of drug-likeness (QED) is 0.639. The second-order valence-electron chi connectivity index (χ2n) is 4.18. The van der Waals surface area contributed by atoms with Crippen LogP contribution in [-0.2, 0) is 6.54 Å². The highest BCUT2D eigenvalue weighted by molar-refractivity contribution is 5.96. The molecule has 1 heterocycles. The van der Waals surface area contributed by atoms with Crippen LogP contribution in [0.5, 0.6) is 0 Å². The van der Waals surface area contributed by atoms with Crippen molar-refractivity contribution in [3.8, 4) is 0 Å². The number of pyridine rings is 1. The molecule has 1 aromatic carbocycles. The van der Waals surface area contributed by atoms with Crippen molar-refractivity contribution >= 4 is 5.78 Å². The predicted molar refractivity (Wildman–Crippen MR) is 71.3 cm³/mol. The van der Waals surface area contributed by atoms with Gasteiger partial charge in [-0.3, -0.25) is 9.78 Å². The maximum absolute atomic E-state index is 12.7. The molecule has 2 aromatic rings. The number of carbonyl (C=O) groups excluding carboxylic acids is 1. The average molecular weight is 258 g/mol. The topological polar surface area (TPSA) is 42.0 Å². The van der Waals surface area contributed by atoms with Crippen molar-refractivity contribution in [2.45, 2.75) is 13.0 Å². The Balaban J connectivity index is 1.74. The second-order valence-corrected chi connectivity index (χ2v) is 4.18. The van der Waals surface area contributed by atoms with E-state index in [2.05, 4.69) is 10.3 Å². The lowest BCUT2D eigenvalue weighted by atomic mass is 10.1. The lowest BCUT2D eigenvalue weighted by molar-refractivity contribution is 0.0982. The van der Waals surface area contributed by atoms with Crippen LogP contribution in [0.25, 0.3) is 0 Å². The van der Waals surface area contributed by atoms with Gasteiger partial charge >= 0.3 is 0 Å². The van der Waals surface area contributed by atoms with E-state index in [-0.39, 0.29) is 11.6 Å². The number of aromatic nitrogens is 1. The van der Waals surface area contributed by atoms with Gasteiger partial charge in [0.25, 0.3) is 0 Å². The minimum atomic E-state index is -0.329. The molecule has 0 saturated heterocycles. The maximum Gasteiger partial charge on any atom is 0.164 e. The fourth-order valence-electron chi connectivity index (χ4n) is 1.70. The highest BCUT2D eigenvalue weighted by Crippen LogP contribution is 2.05. The van der Waals surface area contributed by atoms with Crippen LogP contribution in [0, 0.1) is 5.82 Å². The number of rotatable bonds is 6. The molecule has 4 heteroatoms. The van der Waals surface area contributed by atoms with Crippen molar-refractivity contribution in [3.05, 3.63) is 65.7 Å². The maximum atomic E-state index is 12.7. The summed E-state index contributed by atoms with van der Waals surface area (Å²) in [5.41, 5.74) is 1.48. The zero-order valence-electron chi connectivity index (χ0n) is 10.5. The van der Waals surface area contributed by atoms with Gasteiger partial charge in [-0.05, 0) is 36.4 Å². The molecule has 1 aromatic heterocycles. The molecule has 0 amide bonds. The largest absolute Gasteiger partial charge is 0.311 e. The number of hydrogen-bond acceptors (Lipinski definition) is 3. The van der Waals surface area contributed by atoms with Crippen LogP contribution in [0.4, 0.5) is 4.39 Å². The molecule has 0 atom stereocenters. The Labute approximate surface area is 111 Å². The number of nitrogens with zero attached hydrogens (tertiary/aromatic N) is 1. The number of hydrogen-bond donors (Lipinski definition) is 1. The first-order chi connectivity index (χ1) is 9.25. The fraction of sp³-hybridized carbons (Fsp3) is 0.200. The van der Waals surface area contributed by atoms with Crippen molar-refractivity contribution in [2.75, 3.05) is 6.54 Å². The second kappa shape index (κ2) is 6.75. The molecular formula is C15H15FN2O. The van der Waals surface area contributed by atoms with Crippen LogP contribution in [0.15, 0.2) is 48.7 Å². The Bertz CT molecular complexity index is 526. The summed E-state index contributed by atoms with van der Waals surface area (Å²) in [6.07, 6.45) is 2.12. The molecule has 0 fully saturated rings. The lowest BCUT2D eigenvalue weighted by Crippen LogP contribution is -2.18. The van der Waals surface area contributed by atoms with Crippen molar-refractivity contribution in [1.82, 2.24) is 10.3 Å². The van der Waals surface area contributed by atoms with E-state index < -0.39 is 0 Å². The Morgan fingerprint density at radius 1 is 1.16 bits per heavy atom. The minimum Gasteiger partial charge on any atom is -0.311 e. The Morgan fingerprint density at radius 2 is 1.95 bits per heavy atom. The van der Waals surface area contributed by atoms with Gasteiger partial charge in [0.15, 0.2) is 5.78 Å². The number of halogens is 1. The molecule has 19 heavy (non-hydrogen) atoms. The van der Waals surface area contributed by atoms with Gasteiger partial charge in [-0.1, -0.05) is 6.07 Å². The SMILES string of the molecule is O=C(CCNCc1ccccn1)c1ccc(F)cc1. The van der Waals surface area contributed by atoms with E-state index in [4.69, 9.17) is 0 Å². The van der Waals surface area contributed by atoms with Gasteiger partial charge in [0.1, 0.15) is 5.82 Å². The third kappa shape index (κ3) is 4.26. The highest BCUT2D eigenvalue weighted by atomic mass is 19.1. The van der Waals surface area contributed by atoms with Crippen LogP contribution in [0.3, 0.4) is 0 Å².